The van der Waals surface area contributed by atoms with Crippen molar-refractivity contribution < 1.29 is 0 Å². The predicted octanol–water partition coefficient (Wildman–Crippen LogP) is 4.62. The van der Waals surface area contributed by atoms with Gasteiger partial charge in [0.2, 0.25) is 0 Å². The van der Waals surface area contributed by atoms with E-state index < -0.39 is 0 Å². The number of nitrogens with zero attached hydrogens (tertiary/aromatic N) is 3. The summed E-state index contributed by atoms with van der Waals surface area (Å²) in [5.41, 5.74) is 2.13. The van der Waals surface area contributed by atoms with Gasteiger partial charge in [0, 0.05) is 29.8 Å². The van der Waals surface area contributed by atoms with Crippen LogP contribution in [0.1, 0.15) is 71.4 Å². The Balaban J connectivity index is 2.35. The molecule has 1 N–H and O–H groups in total. The van der Waals surface area contributed by atoms with Crippen molar-refractivity contribution >= 4 is 11.5 Å². The molecule has 0 bridgehead atoms. The first-order valence-electron chi connectivity index (χ1n) is 8.30. The zero-order valence-corrected chi connectivity index (χ0v) is 13.8. The topological polar surface area (TPSA) is 42.2 Å². The lowest BCUT2D eigenvalue weighted by Gasteiger charge is -2.19. The van der Waals surface area contributed by atoms with Gasteiger partial charge in [-0.2, -0.15) is 9.61 Å². The Morgan fingerprint density at radius 3 is 2.62 bits per heavy atom. The summed E-state index contributed by atoms with van der Waals surface area (Å²) in [5, 5.41) is 7.99. The molecule has 0 fully saturated rings. The summed E-state index contributed by atoms with van der Waals surface area (Å²) in [6.45, 7) is 8.92. The van der Waals surface area contributed by atoms with E-state index in [2.05, 4.69) is 44.2 Å². The summed E-state index contributed by atoms with van der Waals surface area (Å²) in [6, 6.07) is 4.62. The van der Waals surface area contributed by atoms with Crippen LogP contribution in [0.2, 0.25) is 0 Å². The normalized spacial score (nSPS) is 14.3. The van der Waals surface area contributed by atoms with Crippen LogP contribution in [0, 0.1) is 0 Å². The molecule has 21 heavy (non-hydrogen) atoms. The van der Waals surface area contributed by atoms with Gasteiger partial charge >= 0.3 is 0 Å². The largest absolute Gasteiger partial charge is 0.367 e. The molecule has 0 aromatic carbocycles. The molecule has 0 spiro atoms. The molecule has 2 aromatic rings. The van der Waals surface area contributed by atoms with Crippen molar-refractivity contribution in [1.29, 1.82) is 0 Å². The minimum absolute atomic E-state index is 0.448. The molecule has 0 amide bonds. The van der Waals surface area contributed by atoms with Gasteiger partial charge in [0.25, 0.3) is 0 Å². The maximum Gasteiger partial charge on any atom is 0.157 e. The van der Waals surface area contributed by atoms with Crippen LogP contribution in [0.25, 0.3) is 5.65 Å². The Labute approximate surface area is 128 Å². The third-order valence-corrected chi connectivity index (χ3v) is 4.04. The molecule has 2 atom stereocenters. The first-order chi connectivity index (χ1) is 10.2. The fourth-order valence-electron chi connectivity index (χ4n) is 2.91. The average molecular weight is 288 g/mol. The minimum atomic E-state index is 0.448. The van der Waals surface area contributed by atoms with E-state index in [0.717, 1.165) is 24.3 Å². The lowest BCUT2D eigenvalue weighted by Crippen LogP contribution is -2.18. The SMILES string of the molecule is CCCC(C)Nc1cc(C(CC)CCC)nc2ccnn12. The predicted molar refractivity (Wildman–Crippen MR) is 88.9 cm³/mol. The van der Waals surface area contributed by atoms with Gasteiger partial charge in [0.1, 0.15) is 5.82 Å². The molecular formula is C17H28N4. The smallest absolute Gasteiger partial charge is 0.157 e. The van der Waals surface area contributed by atoms with Gasteiger partial charge < -0.3 is 5.32 Å². The summed E-state index contributed by atoms with van der Waals surface area (Å²) in [4.78, 5) is 4.80. The Kier molecular flexibility index (Phi) is 5.59. The van der Waals surface area contributed by atoms with Crippen LogP contribution in [0.5, 0.6) is 0 Å². The second-order valence-electron chi connectivity index (χ2n) is 5.90. The summed E-state index contributed by atoms with van der Waals surface area (Å²) < 4.78 is 1.91. The van der Waals surface area contributed by atoms with Gasteiger partial charge in [-0.15, -0.1) is 0 Å². The van der Waals surface area contributed by atoms with Crippen molar-refractivity contribution in [3.63, 3.8) is 0 Å². The molecule has 2 rings (SSSR count). The fraction of sp³-hybridized carbons (Fsp3) is 0.647. The molecular weight excluding hydrogens is 260 g/mol. The van der Waals surface area contributed by atoms with E-state index in [4.69, 9.17) is 4.98 Å². The van der Waals surface area contributed by atoms with Gasteiger partial charge in [-0.25, -0.2) is 4.98 Å². The zero-order valence-electron chi connectivity index (χ0n) is 13.8. The lowest BCUT2D eigenvalue weighted by atomic mass is 9.96. The summed E-state index contributed by atoms with van der Waals surface area (Å²) >= 11 is 0. The Morgan fingerprint density at radius 1 is 1.19 bits per heavy atom. The van der Waals surface area contributed by atoms with Crippen LogP contribution in [0.3, 0.4) is 0 Å². The highest BCUT2D eigenvalue weighted by atomic mass is 15.3. The summed E-state index contributed by atoms with van der Waals surface area (Å²) in [7, 11) is 0. The van der Waals surface area contributed by atoms with Crippen molar-refractivity contribution in [1.82, 2.24) is 14.6 Å². The van der Waals surface area contributed by atoms with E-state index in [-0.39, 0.29) is 0 Å². The maximum absolute atomic E-state index is 4.80. The van der Waals surface area contributed by atoms with Gasteiger partial charge in [0.15, 0.2) is 5.65 Å². The van der Waals surface area contributed by atoms with Gasteiger partial charge in [0.05, 0.1) is 6.20 Å². The second kappa shape index (κ2) is 7.43. The molecule has 2 aromatic heterocycles. The Hall–Kier alpha value is -1.58. The Bertz CT molecular complexity index is 561. The highest BCUT2D eigenvalue weighted by Crippen LogP contribution is 2.26. The van der Waals surface area contributed by atoms with Gasteiger partial charge in [-0.3, -0.25) is 0 Å². The number of anilines is 1. The number of fused-ring (bicyclic) bond motifs is 1. The van der Waals surface area contributed by atoms with Crippen LogP contribution in [0.15, 0.2) is 18.3 Å². The highest BCUT2D eigenvalue weighted by molar-refractivity contribution is 5.50. The second-order valence-corrected chi connectivity index (χ2v) is 5.90. The molecule has 0 saturated carbocycles. The molecule has 116 valence electrons. The average Bonchev–Trinajstić information content (AvgIpc) is 2.93. The molecule has 0 aliphatic rings. The third-order valence-electron chi connectivity index (χ3n) is 4.04. The molecule has 0 radical (unpaired) electrons. The highest BCUT2D eigenvalue weighted by Gasteiger charge is 2.15. The minimum Gasteiger partial charge on any atom is -0.367 e. The summed E-state index contributed by atoms with van der Waals surface area (Å²) in [5.74, 6) is 1.60. The number of hydrogen-bond donors (Lipinski definition) is 1. The molecule has 0 aliphatic carbocycles. The number of nitrogens with one attached hydrogen (secondary N) is 1. The monoisotopic (exact) mass is 288 g/mol. The van der Waals surface area contributed by atoms with Crippen LogP contribution in [0.4, 0.5) is 5.82 Å². The molecule has 0 saturated heterocycles. The van der Waals surface area contributed by atoms with Crippen LogP contribution < -0.4 is 5.32 Å². The Morgan fingerprint density at radius 2 is 1.95 bits per heavy atom. The van der Waals surface area contributed by atoms with E-state index in [1.165, 1.54) is 25.0 Å². The maximum atomic E-state index is 4.80. The van der Waals surface area contributed by atoms with E-state index >= 15 is 0 Å². The van der Waals surface area contributed by atoms with E-state index in [1.54, 1.807) is 0 Å². The molecule has 2 heterocycles. The first-order valence-corrected chi connectivity index (χ1v) is 8.30. The first kappa shape index (κ1) is 15.8. The quantitative estimate of drug-likeness (QED) is 0.770. The van der Waals surface area contributed by atoms with E-state index in [9.17, 15) is 0 Å². The van der Waals surface area contributed by atoms with E-state index in [0.29, 0.717) is 12.0 Å². The van der Waals surface area contributed by atoms with Crippen molar-refractivity contribution in [2.24, 2.45) is 0 Å². The third kappa shape index (κ3) is 3.74. The molecule has 0 aliphatic heterocycles. The van der Waals surface area contributed by atoms with Gasteiger partial charge in [-0.1, -0.05) is 33.6 Å². The van der Waals surface area contributed by atoms with Crippen LogP contribution in [-0.4, -0.2) is 20.6 Å². The number of aromatic nitrogens is 3. The van der Waals surface area contributed by atoms with Crippen molar-refractivity contribution in [2.75, 3.05) is 5.32 Å². The number of rotatable bonds is 8. The molecule has 4 heteroatoms. The lowest BCUT2D eigenvalue weighted by molar-refractivity contribution is 0.580. The van der Waals surface area contributed by atoms with Crippen molar-refractivity contribution in [3.8, 4) is 0 Å². The van der Waals surface area contributed by atoms with Gasteiger partial charge in [-0.05, 0) is 26.2 Å². The standard InChI is InChI=1S/C17H28N4/c1-5-8-13(4)19-17-12-15(14(7-3)9-6-2)20-16-10-11-18-21(16)17/h10-14,19H,5-9H2,1-4H3. The van der Waals surface area contributed by atoms with E-state index in [1.807, 2.05) is 16.8 Å². The molecule has 2 unspecified atom stereocenters. The van der Waals surface area contributed by atoms with Crippen LogP contribution >= 0.6 is 0 Å². The zero-order chi connectivity index (χ0) is 15.2. The van der Waals surface area contributed by atoms with Crippen molar-refractivity contribution in [2.45, 2.75) is 71.8 Å². The molecule has 4 nitrogen and oxygen atoms in total. The van der Waals surface area contributed by atoms with Crippen LogP contribution in [-0.2, 0) is 0 Å². The fourth-order valence-corrected chi connectivity index (χ4v) is 2.91. The summed E-state index contributed by atoms with van der Waals surface area (Å²) in [6.07, 6.45) is 7.68. The number of hydrogen-bond acceptors (Lipinski definition) is 3. The van der Waals surface area contributed by atoms with Crippen molar-refractivity contribution in [3.05, 3.63) is 24.0 Å².